The Hall–Kier alpha value is -3.72. The molecule has 0 spiro atoms. The summed E-state index contributed by atoms with van der Waals surface area (Å²) < 4.78 is 0. The van der Waals surface area contributed by atoms with Crippen molar-refractivity contribution in [3.63, 3.8) is 0 Å². The molecule has 7 rings (SSSR count). The van der Waals surface area contributed by atoms with Crippen LogP contribution >= 0.6 is 22.7 Å². The second kappa shape index (κ2) is 8.44. The van der Waals surface area contributed by atoms with Crippen molar-refractivity contribution >= 4 is 55.0 Å². The number of benzene rings is 5. The SMILES string of the molecule is Cc1c2ccccc2c(C)c2cc(-c3ccc(-c4ccc(-c5cccc6ccccc56)s4)s3)ccc12. The van der Waals surface area contributed by atoms with Crippen molar-refractivity contribution in [3.8, 4) is 30.6 Å². The highest BCUT2D eigenvalue weighted by molar-refractivity contribution is 7.25. The molecular weight excluding hydrogens is 473 g/mol. The van der Waals surface area contributed by atoms with Gasteiger partial charge in [0.15, 0.2) is 0 Å². The minimum Gasteiger partial charge on any atom is -0.134 e. The van der Waals surface area contributed by atoms with Crippen molar-refractivity contribution in [3.05, 3.63) is 120 Å². The molecule has 0 aliphatic rings. The van der Waals surface area contributed by atoms with E-state index < -0.39 is 0 Å². The van der Waals surface area contributed by atoms with Gasteiger partial charge in [0.05, 0.1) is 0 Å². The van der Waals surface area contributed by atoms with Gasteiger partial charge >= 0.3 is 0 Å². The molecule has 0 nitrogen and oxygen atoms in total. The minimum absolute atomic E-state index is 1.29. The highest BCUT2D eigenvalue weighted by atomic mass is 32.1. The number of hydrogen-bond donors (Lipinski definition) is 0. The molecule has 0 fully saturated rings. The molecule has 0 bridgehead atoms. The molecule has 7 aromatic rings. The van der Waals surface area contributed by atoms with Gasteiger partial charge in [-0.2, -0.15) is 0 Å². The van der Waals surface area contributed by atoms with Crippen LogP contribution in [0.2, 0.25) is 0 Å². The van der Waals surface area contributed by atoms with E-state index >= 15 is 0 Å². The van der Waals surface area contributed by atoms with Crippen LogP contribution in [0.5, 0.6) is 0 Å². The van der Waals surface area contributed by atoms with E-state index in [1.54, 1.807) is 0 Å². The third-order valence-corrected chi connectivity index (χ3v) is 9.81. The maximum absolute atomic E-state index is 2.38. The van der Waals surface area contributed by atoms with E-state index in [-0.39, 0.29) is 0 Å². The van der Waals surface area contributed by atoms with Crippen LogP contribution in [0.15, 0.2) is 109 Å². The predicted molar refractivity (Wildman–Crippen MR) is 160 cm³/mol. The Balaban J connectivity index is 1.28. The summed E-state index contributed by atoms with van der Waals surface area (Å²) in [6.45, 7) is 4.51. The lowest BCUT2D eigenvalue weighted by Crippen LogP contribution is -1.88. The molecule has 172 valence electrons. The molecule has 0 unspecified atom stereocenters. The van der Waals surface area contributed by atoms with Gasteiger partial charge in [0.2, 0.25) is 0 Å². The molecular formula is C34H24S2. The first kappa shape index (κ1) is 21.6. The van der Waals surface area contributed by atoms with Gasteiger partial charge in [-0.1, -0.05) is 78.9 Å². The smallest absolute Gasteiger partial charge is 0.0449 e. The van der Waals surface area contributed by atoms with Crippen molar-refractivity contribution in [1.82, 2.24) is 0 Å². The first-order valence-corrected chi connectivity index (χ1v) is 13.9. The zero-order valence-electron chi connectivity index (χ0n) is 20.2. The van der Waals surface area contributed by atoms with Gasteiger partial charge in [-0.3, -0.25) is 0 Å². The van der Waals surface area contributed by atoms with E-state index in [1.165, 1.54) is 74.1 Å². The molecule has 0 amide bonds. The van der Waals surface area contributed by atoms with Crippen LogP contribution < -0.4 is 0 Å². The van der Waals surface area contributed by atoms with Gasteiger partial charge in [-0.05, 0) is 98.8 Å². The van der Waals surface area contributed by atoms with Crippen LogP contribution in [0, 0.1) is 13.8 Å². The van der Waals surface area contributed by atoms with E-state index in [9.17, 15) is 0 Å². The summed E-state index contributed by atoms with van der Waals surface area (Å²) in [6.07, 6.45) is 0. The van der Waals surface area contributed by atoms with Crippen LogP contribution in [0.25, 0.3) is 63.0 Å². The molecule has 36 heavy (non-hydrogen) atoms. The van der Waals surface area contributed by atoms with E-state index in [2.05, 4.69) is 123 Å². The van der Waals surface area contributed by atoms with Gasteiger partial charge in [-0.15, -0.1) is 22.7 Å². The number of aryl methyl sites for hydroxylation is 2. The normalized spacial score (nSPS) is 11.6. The van der Waals surface area contributed by atoms with Gasteiger partial charge < -0.3 is 0 Å². The van der Waals surface area contributed by atoms with Gasteiger partial charge in [0.25, 0.3) is 0 Å². The Morgan fingerprint density at radius 2 is 0.972 bits per heavy atom. The Kier molecular flexibility index (Phi) is 5.06. The molecule has 0 saturated carbocycles. The predicted octanol–water partition coefficient (Wildman–Crippen LogP) is 10.9. The number of fused-ring (bicyclic) bond motifs is 3. The van der Waals surface area contributed by atoms with Crippen LogP contribution in [0.4, 0.5) is 0 Å². The van der Waals surface area contributed by atoms with Crippen molar-refractivity contribution in [2.75, 3.05) is 0 Å². The standard InChI is InChI=1S/C34H24S2/c1-21-25-10-5-6-11-26(25)22(2)30-20-24(14-15-27(21)30)31-16-18-33(35-31)34-19-17-32(36-34)29-13-7-9-23-8-3-4-12-28(23)29/h3-20H,1-2H3. The fourth-order valence-corrected chi connectivity index (χ4v) is 7.58. The van der Waals surface area contributed by atoms with Crippen molar-refractivity contribution in [2.45, 2.75) is 13.8 Å². The molecule has 0 aliphatic heterocycles. The maximum Gasteiger partial charge on any atom is 0.0449 e. The summed E-state index contributed by atoms with van der Waals surface area (Å²) in [7, 11) is 0. The molecule has 5 aromatic carbocycles. The Morgan fingerprint density at radius 3 is 1.75 bits per heavy atom. The zero-order chi connectivity index (χ0) is 24.2. The van der Waals surface area contributed by atoms with Crippen LogP contribution in [0.1, 0.15) is 11.1 Å². The third-order valence-electron chi connectivity index (χ3n) is 7.36. The monoisotopic (exact) mass is 496 g/mol. The third kappa shape index (κ3) is 3.41. The summed E-state index contributed by atoms with van der Waals surface area (Å²) >= 11 is 3.77. The highest BCUT2D eigenvalue weighted by Crippen LogP contribution is 2.43. The van der Waals surface area contributed by atoms with Crippen molar-refractivity contribution in [1.29, 1.82) is 0 Å². The summed E-state index contributed by atoms with van der Waals surface area (Å²) in [6, 6.07) is 40.1. The quantitative estimate of drug-likeness (QED) is 0.213. The molecule has 0 radical (unpaired) electrons. The molecule has 2 heteroatoms. The first-order chi connectivity index (χ1) is 17.7. The van der Waals surface area contributed by atoms with E-state index in [4.69, 9.17) is 0 Å². The molecule has 2 aromatic heterocycles. The second-order valence-corrected chi connectivity index (χ2v) is 11.6. The Bertz CT molecular complexity index is 1910. The number of rotatable bonds is 3. The van der Waals surface area contributed by atoms with E-state index in [0.717, 1.165) is 0 Å². The molecule has 2 heterocycles. The fraction of sp³-hybridized carbons (Fsp3) is 0.0588. The number of thiophene rings is 2. The largest absolute Gasteiger partial charge is 0.134 e. The lowest BCUT2D eigenvalue weighted by Gasteiger charge is -2.13. The van der Waals surface area contributed by atoms with Crippen molar-refractivity contribution in [2.24, 2.45) is 0 Å². The first-order valence-electron chi connectivity index (χ1n) is 12.3. The zero-order valence-corrected chi connectivity index (χ0v) is 21.8. The maximum atomic E-state index is 2.38. The Labute approximate surface area is 219 Å². The summed E-state index contributed by atoms with van der Waals surface area (Å²) in [5, 5.41) is 8.02. The lowest BCUT2D eigenvalue weighted by atomic mass is 9.92. The molecule has 0 N–H and O–H groups in total. The molecule has 0 aliphatic carbocycles. The fourth-order valence-electron chi connectivity index (χ4n) is 5.44. The summed E-state index contributed by atoms with van der Waals surface area (Å²) in [4.78, 5) is 5.29. The molecule has 0 saturated heterocycles. The summed E-state index contributed by atoms with van der Waals surface area (Å²) in [5.41, 5.74) is 5.34. The van der Waals surface area contributed by atoms with Crippen LogP contribution in [-0.4, -0.2) is 0 Å². The van der Waals surface area contributed by atoms with Crippen LogP contribution in [0.3, 0.4) is 0 Å². The van der Waals surface area contributed by atoms with Gasteiger partial charge in [0, 0.05) is 19.5 Å². The molecule has 0 atom stereocenters. The lowest BCUT2D eigenvalue weighted by molar-refractivity contribution is 1.52. The van der Waals surface area contributed by atoms with E-state index in [1.807, 2.05) is 22.7 Å². The average molecular weight is 497 g/mol. The topological polar surface area (TPSA) is 0 Å². The average Bonchev–Trinajstić information content (AvgIpc) is 3.62. The second-order valence-electron chi connectivity index (χ2n) is 9.41. The van der Waals surface area contributed by atoms with Crippen molar-refractivity contribution < 1.29 is 0 Å². The number of hydrogen-bond acceptors (Lipinski definition) is 2. The highest BCUT2D eigenvalue weighted by Gasteiger charge is 2.13. The van der Waals surface area contributed by atoms with Gasteiger partial charge in [-0.25, -0.2) is 0 Å². The summed E-state index contributed by atoms with van der Waals surface area (Å²) in [5.74, 6) is 0. The Morgan fingerprint density at radius 1 is 0.417 bits per heavy atom. The van der Waals surface area contributed by atoms with Gasteiger partial charge in [0.1, 0.15) is 0 Å². The van der Waals surface area contributed by atoms with E-state index in [0.29, 0.717) is 0 Å². The van der Waals surface area contributed by atoms with Crippen LogP contribution in [-0.2, 0) is 0 Å². The minimum atomic E-state index is 1.29.